The number of benzene rings is 5. The van der Waals surface area contributed by atoms with Gasteiger partial charge in [-0.05, 0) is 71.5 Å². The summed E-state index contributed by atoms with van der Waals surface area (Å²) in [6.45, 7) is 4.28. The van der Waals surface area contributed by atoms with Crippen LogP contribution in [0.1, 0.15) is 16.7 Å². The third-order valence-electron chi connectivity index (χ3n) is 6.87. The number of imidazole rings is 1. The normalized spacial score (nSPS) is 10.9. The Kier molecular flexibility index (Phi) is 5.63. The summed E-state index contributed by atoms with van der Waals surface area (Å²) >= 11 is 0. The van der Waals surface area contributed by atoms with Gasteiger partial charge in [-0.1, -0.05) is 91.0 Å². The van der Waals surface area contributed by atoms with Gasteiger partial charge in [-0.15, -0.1) is 0 Å². The minimum absolute atomic E-state index is 0.617. The second kappa shape index (κ2) is 9.26. The summed E-state index contributed by atoms with van der Waals surface area (Å²) < 4.78 is 2.16. The van der Waals surface area contributed by atoms with Crippen molar-refractivity contribution in [3.8, 4) is 45.4 Å². The number of aryl methyl sites for hydroxylation is 2. The Morgan fingerprint density at radius 1 is 0.595 bits per heavy atom. The molecule has 6 rings (SSSR count). The van der Waals surface area contributed by atoms with Crippen LogP contribution in [0.25, 0.3) is 50.4 Å². The molecule has 0 fully saturated rings. The minimum atomic E-state index is 0.617. The van der Waals surface area contributed by atoms with Gasteiger partial charge in [0, 0.05) is 5.56 Å². The van der Waals surface area contributed by atoms with Crippen LogP contribution in [0.3, 0.4) is 0 Å². The highest BCUT2D eigenvalue weighted by molar-refractivity contribution is 5.89. The lowest BCUT2D eigenvalue weighted by molar-refractivity contribution is 1.06. The van der Waals surface area contributed by atoms with Crippen molar-refractivity contribution in [1.29, 1.82) is 5.26 Å². The highest BCUT2D eigenvalue weighted by atomic mass is 15.1. The monoisotopic (exact) mass is 475 g/mol. The summed E-state index contributed by atoms with van der Waals surface area (Å²) in [5.74, 6) is 0.837. The largest absolute Gasteiger partial charge is 0.290 e. The fourth-order valence-electron chi connectivity index (χ4n) is 5.18. The summed E-state index contributed by atoms with van der Waals surface area (Å²) in [5.41, 5.74) is 11.4. The Balaban J connectivity index is 1.51. The van der Waals surface area contributed by atoms with Crippen LogP contribution in [0.15, 0.2) is 115 Å². The van der Waals surface area contributed by atoms with Crippen molar-refractivity contribution in [2.45, 2.75) is 13.8 Å². The summed E-state index contributed by atoms with van der Waals surface area (Å²) in [6, 6.07) is 41.9. The fraction of sp³-hybridized carbons (Fsp3) is 0.0588. The molecule has 0 aliphatic heterocycles. The standard InChI is InChI=1S/C34H25N3/c1-23-20-30(27-18-16-26(17-19-27)25-10-5-3-6-11-25)21-24(2)32(23)37-33-29(22-35)14-9-15-31(33)36-34(37)28-12-7-4-8-13-28/h3-21H,1-2H3. The molecule has 37 heavy (non-hydrogen) atoms. The second-order valence-corrected chi connectivity index (χ2v) is 9.32. The molecule has 0 bridgehead atoms. The molecule has 3 heteroatoms. The molecule has 0 saturated carbocycles. The summed E-state index contributed by atoms with van der Waals surface area (Å²) in [5, 5.41) is 9.93. The van der Waals surface area contributed by atoms with E-state index in [1.165, 1.54) is 22.3 Å². The number of aromatic nitrogens is 2. The molecule has 0 unspecified atom stereocenters. The maximum atomic E-state index is 9.93. The van der Waals surface area contributed by atoms with Crippen molar-refractivity contribution in [3.05, 3.63) is 132 Å². The van der Waals surface area contributed by atoms with Crippen molar-refractivity contribution in [3.63, 3.8) is 0 Å². The van der Waals surface area contributed by atoms with Gasteiger partial charge in [0.15, 0.2) is 0 Å². The molecule has 0 saturated heterocycles. The first-order valence-electron chi connectivity index (χ1n) is 12.4. The van der Waals surface area contributed by atoms with E-state index in [0.29, 0.717) is 5.56 Å². The molecule has 1 aromatic heterocycles. The van der Waals surface area contributed by atoms with Crippen molar-refractivity contribution < 1.29 is 0 Å². The summed E-state index contributed by atoms with van der Waals surface area (Å²) in [6.07, 6.45) is 0. The van der Waals surface area contributed by atoms with Crippen molar-refractivity contribution in [2.24, 2.45) is 0 Å². The second-order valence-electron chi connectivity index (χ2n) is 9.32. The number of para-hydroxylation sites is 1. The van der Waals surface area contributed by atoms with E-state index >= 15 is 0 Å². The molecule has 0 spiro atoms. The van der Waals surface area contributed by atoms with E-state index in [0.717, 1.165) is 39.2 Å². The Bertz CT molecular complexity index is 1750. The van der Waals surface area contributed by atoms with Gasteiger partial charge in [0.1, 0.15) is 11.9 Å². The van der Waals surface area contributed by atoms with Crippen LogP contribution in [0, 0.1) is 25.2 Å². The van der Waals surface area contributed by atoms with Crippen LogP contribution in [-0.4, -0.2) is 9.55 Å². The van der Waals surface area contributed by atoms with Crippen LogP contribution >= 0.6 is 0 Å². The molecule has 6 aromatic rings. The summed E-state index contributed by atoms with van der Waals surface area (Å²) in [4.78, 5) is 4.98. The van der Waals surface area contributed by atoms with E-state index in [-0.39, 0.29) is 0 Å². The predicted octanol–water partition coefficient (Wildman–Crippen LogP) is 8.52. The average Bonchev–Trinajstić information content (AvgIpc) is 3.33. The number of nitrogens with zero attached hydrogens (tertiary/aromatic N) is 3. The molecule has 0 amide bonds. The highest BCUT2D eigenvalue weighted by Gasteiger charge is 2.20. The van der Waals surface area contributed by atoms with E-state index in [1.807, 2.05) is 42.5 Å². The molecular formula is C34H25N3. The number of rotatable bonds is 4. The number of nitriles is 1. The maximum Gasteiger partial charge on any atom is 0.145 e. The lowest BCUT2D eigenvalue weighted by Crippen LogP contribution is -2.04. The fourth-order valence-corrected chi connectivity index (χ4v) is 5.18. The van der Waals surface area contributed by atoms with Gasteiger partial charge in [0.05, 0.1) is 22.3 Å². The van der Waals surface area contributed by atoms with Crippen LogP contribution in [0.5, 0.6) is 0 Å². The molecule has 0 aliphatic rings. The predicted molar refractivity (Wildman–Crippen MR) is 152 cm³/mol. The Morgan fingerprint density at radius 3 is 1.73 bits per heavy atom. The van der Waals surface area contributed by atoms with Crippen molar-refractivity contribution in [1.82, 2.24) is 9.55 Å². The van der Waals surface area contributed by atoms with E-state index in [1.54, 1.807) is 0 Å². The van der Waals surface area contributed by atoms with Gasteiger partial charge in [-0.25, -0.2) is 4.98 Å². The summed E-state index contributed by atoms with van der Waals surface area (Å²) in [7, 11) is 0. The third kappa shape index (κ3) is 3.99. The zero-order valence-corrected chi connectivity index (χ0v) is 20.8. The molecule has 0 N–H and O–H groups in total. The first-order chi connectivity index (χ1) is 18.1. The van der Waals surface area contributed by atoms with Gasteiger partial charge < -0.3 is 0 Å². The minimum Gasteiger partial charge on any atom is -0.290 e. The molecule has 5 aromatic carbocycles. The van der Waals surface area contributed by atoms with E-state index < -0.39 is 0 Å². The molecule has 1 heterocycles. The SMILES string of the molecule is Cc1cc(-c2ccc(-c3ccccc3)cc2)cc(C)c1-n1c(-c2ccccc2)nc2cccc(C#N)c21. The van der Waals surface area contributed by atoms with Crippen LogP contribution in [-0.2, 0) is 0 Å². The van der Waals surface area contributed by atoms with E-state index in [4.69, 9.17) is 4.98 Å². The van der Waals surface area contributed by atoms with Crippen LogP contribution < -0.4 is 0 Å². The Labute approximate surface area is 216 Å². The van der Waals surface area contributed by atoms with Gasteiger partial charge in [0.25, 0.3) is 0 Å². The molecule has 3 nitrogen and oxygen atoms in total. The van der Waals surface area contributed by atoms with Gasteiger partial charge in [-0.3, -0.25) is 4.57 Å². The molecule has 0 radical (unpaired) electrons. The lowest BCUT2D eigenvalue weighted by atomic mass is 9.96. The Morgan fingerprint density at radius 2 is 1.14 bits per heavy atom. The van der Waals surface area contributed by atoms with Gasteiger partial charge >= 0.3 is 0 Å². The first kappa shape index (κ1) is 22.5. The number of hydrogen-bond acceptors (Lipinski definition) is 2. The number of hydrogen-bond donors (Lipinski definition) is 0. The third-order valence-corrected chi connectivity index (χ3v) is 6.87. The molecule has 176 valence electrons. The molecule has 0 aliphatic carbocycles. The van der Waals surface area contributed by atoms with E-state index in [2.05, 4.69) is 97.3 Å². The van der Waals surface area contributed by atoms with Crippen molar-refractivity contribution >= 4 is 11.0 Å². The highest BCUT2D eigenvalue weighted by Crippen LogP contribution is 2.35. The van der Waals surface area contributed by atoms with Gasteiger partial charge in [-0.2, -0.15) is 5.26 Å². The average molecular weight is 476 g/mol. The molecular weight excluding hydrogens is 450 g/mol. The number of fused-ring (bicyclic) bond motifs is 1. The van der Waals surface area contributed by atoms with Crippen LogP contribution in [0.4, 0.5) is 0 Å². The maximum absolute atomic E-state index is 9.93. The van der Waals surface area contributed by atoms with Crippen LogP contribution in [0.2, 0.25) is 0 Å². The molecule has 0 atom stereocenters. The van der Waals surface area contributed by atoms with E-state index in [9.17, 15) is 5.26 Å². The Hall–Kier alpha value is -4.94. The van der Waals surface area contributed by atoms with Gasteiger partial charge in [0.2, 0.25) is 0 Å². The topological polar surface area (TPSA) is 41.6 Å². The zero-order chi connectivity index (χ0) is 25.4. The van der Waals surface area contributed by atoms with Crippen molar-refractivity contribution in [2.75, 3.05) is 0 Å². The first-order valence-corrected chi connectivity index (χ1v) is 12.4. The lowest BCUT2D eigenvalue weighted by Gasteiger charge is -2.18. The zero-order valence-electron chi connectivity index (χ0n) is 20.8. The quantitative estimate of drug-likeness (QED) is 0.256. The smallest absolute Gasteiger partial charge is 0.145 e.